The number of rotatable bonds is 3. The van der Waals surface area contributed by atoms with E-state index in [0.717, 1.165) is 49.0 Å². The molecule has 3 aliphatic rings. The highest BCUT2D eigenvalue weighted by molar-refractivity contribution is 5.92. The summed E-state index contributed by atoms with van der Waals surface area (Å²) in [4.78, 5) is 21.2. The molecule has 1 saturated carbocycles. The lowest BCUT2D eigenvalue weighted by Crippen LogP contribution is -2.49. The average molecular weight is 464 g/mol. The first-order valence-corrected chi connectivity index (χ1v) is 11.7. The molecule has 1 unspecified atom stereocenters. The van der Waals surface area contributed by atoms with Gasteiger partial charge in [-0.25, -0.2) is 19.2 Å². The van der Waals surface area contributed by atoms with Crippen molar-refractivity contribution in [1.82, 2.24) is 15.3 Å². The van der Waals surface area contributed by atoms with Gasteiger partial charge in [0, 0.05) is 47.4 Å². The van der Waals surface area contributed by atoms with Gasteiger partial charge in [0.2, 0.25) is 5.88 Å². The summed E-state index contributed by atoms with van der Waals surface area (Å²) in [5, 5.41) is 10.8. The zero-order valence-electron chi connectivity index (χ0n) is 18.9. The first-order chi connectivity index (χ1) is 16.5. The molecule has 2 fully saturated rings. The number of carbonyl (C=O) groups excluding carboxylic acids is 1. The molecule has 1 amide bonds. The molecule has 6 rings (SSSR count). The van der Waals surface area contributed by atoms with E-state index in [-0.39, 0.29) is 17.3 Å². The summed E-state index contributed by atoms with van der Waals surface area (Å²) in [7, 11) is 0. The molecule has 3 N–H and O–H groups in total. The molecule has 9 heteroatoms. The maximum absolute atomic E-state index is 15.1. The van der Waals surface area contributed by atoms with E-state index in [1.165, 1.54) is 6.07 Å². The number of hydrogen-bond acceptors (Lipinski definition) is 7. The number of hydrogen-bond donors (Lipinski definition) is 3. The summed E-state index contributed by atoms with van der Waals surface area (Å²) < 4.78 is 26.4. The molecule has 2 aliphatic heterocycles. The van der Waals surface area contributed by atoms with Crippen molar-refractivity contribution < 1.29 is 18.7 Å². The molecule has 0 bridgehead atoms. The van der Waals surface area contributed by atoms with E-state index in [1.54, 1.807) is 24.5 Å². The van der Waals surface area contributed by atoms with E-state index in [9.17, 15) is 4.79 Å². The number of halogens is 1. The second-order valence-corrected chi connectivity index (χ2v) is 9.35. The second kappa shape index (κ2) is 8.09. The van der Waals surface area contributed by atoms with Crippen LogP contribution in [0.5, 0.6) is 5.88 Å². The van der Waals surface area contributed by atoms with E-state index in [2.05, 4.69) is 25.9 Å². The zero-order valence-corrected chi connectivity index (χ0v) is 18.9. The molecule has 1 spiro atoms. The number of amides is 1. The normalized spacial score (nSPS) is 23.1. The van der Waals surface area contributed by atoms with Crippen LogP contribution in [0.15, 0.2) is 30.6 Å². The van der Waals surface area contributed by atoms with E-state index in [1.807, 2.05) is 6.92 Å². The Morgan fingerprint density at radius 3 is 2.88 bits per heavy atom. The van der Waals surface area contributed by atoms with E-state index in [4.69, 9.17) is 9.47 Å². The van der Waals surface area contributed by atoms with E-state index in [0.29, 0.717) is 41.4 Å². The minimum Gasteiger partial charge on any atom is -0.474 e. The Labute approximate surface area is 196 Å². The SMILES string of the molecule is Cc1c(-c2cc3cc(NC(=O)O[C@@H]4CCC45CCNC5)ncc3cc2F)cnc2c1NCCO2. The highest BCUT2D eigenvalue weighted by atomic mass is 19.1. The lowest BCUT2D eigenvalue weighted by atomic mass is 9.65. The topological polar surface area (TPSA) is 97.4 Å². The molecule has 2 aromatic heterocycles. The molecule has 1 aliphatic carbocycles. The first kappa shape index (κ1) is 21.1. The van der Waals surface area contributed by atoms with Crippen molar-refractivity contribution in [1.29, 1.82) is 0 Å². The summed E-state index contributed by atoms with van der Waals surface area (Å²) in [5.41, 5.74) is 2.85. The quantitative estimate of drug-likeness (QED) is 0.535. The van der Waals surface area contributed by atoms with Crippen molar-refractivity contribution in [3.63, 3.8) is 0 Å². The number of nitrogens with zero attached hydrogens (tertiary/aromatic N) is 2. The van der Waals surface area contributed by atoms with Gasteiger partial charge in [0.25, 0.3) is 0 Å². The number of ether oxygens (including phenoxy) is 2. The molecule has 1 aromatic carbocycles. The van der Waals surface area contributed by atoms with Gasteiger partial charge in [0.05, 0.1) is 0 Å². The molecule has 0 radical (unpaired) electrons. The Morgan fingerprint density at radius 2 is 2.09 bits per heavy atom. The fraction of sp³-hybridized carbons (Fsp3) is 0.400. The van der Waals surface area contributed by atoms with Gasteiger partial charge in [-0.3, -0.25) is 5.32 Å². The lowest BCUT2D eigenvalue weighted by molar-refractivity contribution is -0.0554. The maximum atomic E-state index is 15.1. The number of aromatic nitrogens is 2. The van der Waals surface area contributed by atoms with Crippen LogP contribution in [0.1, 0.15) is 24.8 Å². The van der Waals surface area contributed by atoms with Crippen LogP contribution in [0.25, 0.3) is 21.9 Å². The monoisotopic (exact) mass is 463 g/mol. The molecule has 2 atom stereocenters. The van der Waals surface area contributed by atoms with Gasteiger partial charge >= 0.3 is 6.09 Å². The van der Waals surface area contributed by atoms with Crippen molar-refractivity contribution in [3.8, 4) is 17.0 Å². The Hall–Kier alpha value is -3.46. The van der Waals surface area contributed by atoms with Crippen LogP contribution in [0.3, 0.4) is 0 Å². The number of anilines is 2. The predicted molar refractivity (Wildman–Crippen MR) is 127 cm³/mol. The molecule has 1 saturated heterocycles. The second-order valence-electron chi connectivity index (χ2n) is 9.35. The van der Waals surface area contributed by atoms with Crippen LogP contribution < -0.4 is 20.7 Å². The third kappa shape index (κ3) is 3.51. The molecule has 176 valence electrons. The molecular formula is C25H26FN5O3. The Balaban J connectivity index is 1.26. The average Bonchev–Trinajstić information content (AvgIpc) is 3.35. The van der Waals surface area contributed by atoms with Gasteiger partial charge in [-0.1, -0.05) is 0 Å². The zero-order chi connectivity index (χ0) is 23.3. The Kier molecular flexibility index (Phi) is 5.02. The lowest BCUT2D eigenvalue weighted by Gasteiger charge is -2.45. The van der Waals surface area contributed by atoms with Crippen LogP contribution in [0.4, 0.5) is 20.7 Å². The number of fused-ring (bicyclic) bond motifs is 2. The highest BCUT2D eigenvalue weighted by Crippen LogP contribution is 2.47. The predicted octanol–water partition coefficient (Wildman–Crippen LogP) is 4.24. The van der Waals surface area contributed by atoms with Crippen molar-refractivity contribution in [2.45, 2.75) is 32.3 Å². The molecule has 34 heavy (non-hydrogen) atoms. The van der Waals surface area contributed by atoms with E-state index >= 15 is 4.39 Å². The number of nitrogens with one attached hydrogen (secondary N) is 3. The summed E-state index contributed by atoms with van der Waals surface area (Å²) in [6.07, 6.45) is 5.61. The third-order valence-corrected chi connectivity index (χ3v) is 7.39. The van der Waals surface area contributed by atoms with Gasteiger partial charge in [-0.15, -0.1) is 0 Å². The standard InChI is InChI=1S/C25H26FN5O3/c1-14-18(12-30-23-22(14)28-6-7-33-23)17-8-15-10-21(29-11-16(15)9-19(17)26)31-24(32)34-20-2-3-25(20)4-5-27-13-25/h8-12,20,27-28H,2-7,13H2,1H3,(H,29,31,32)/t20-,25?/m1/s1. The van der Waals surface area contributed by atoms with Crippen molar-refractivity contribution >= 4 is 28.4 Å². The minimum atomic E-state index is -0.508. The maximum Gasteiger partial charge on any atom is 0.413 e. The van der Waals surface area contributed by atoms with Gasteiger partial charge < -0.3 is 20.1 Å². The smallest absolute Gasteiger partial charge is 0.413 e. The van der Waals surface area contributed by atoms with Gasteiger partial charge in [0.1, 0.15) is 30.0 Å². The van der Waals surface area contributed by atoms with Crippen LogP contribution in [0, 0.1) is 18.2 Å². The summed E-state index contributed by atoms with van der Waals surface area (Å²) in [6, 6.07) is 4.94. The minimum absolute atomic E-state index is 0.0688. The number of carbonyl (C=O) groups is 1. The highest BCUT2D eigenvalue weighted by Gasteiger charge is 2.50. The van der Waals surface area contributed by atoms with Crippen LogP contribution >= 0.6 is 0 Å². The molecule has 3 aromatic rings. The molecular weight excluding hydrogens is 437 g/mol. The van der Waals surface area contributed by atoms with Crippen LogP contribution in [0.2, 0.25) is 0 Å². The fourth-order valence-electron chi connectivity index (χ4n) is 5.30. The summed E-state index contributed by atoms with van der Waals surface area (Å²) >= 11 is 0. The first-order valence-electron chi connectivity index (χ1n) is 11.7. The van der Waals surface area contributed by atoms with Gasteiger partial charge in [-0.2, -0.15) is 0 Å². The largest absolute Gasteiger partial charge is 0.474 e. The Bertz CT molecular complexity index is 1290. The number of benzene rings is 1. The number of pyridine rings is 2. The fourth-order valence-corrected chi connectivity index (χ4v) is 5.30. The van der Waals surface area contributed by atoms with Crippen LogP contribution in [-0.2, 0) is 4.74 Å². The van der Waals surface area contributed by atoms with Crippen molar-refractivity contribution in [3.05, 3.63) is 42.0 Å². The van der Waals surface area contributed by atoms with Crippen LogP contribution in [-0.4, -0.2) is 48.4 Å². The summed E-state index contributed by atoms with van der Waals surface area (Å²) in [6.45, 7) is 5.01. The third-order valence-electron chi connectivity index (χ3n) is 7.39. The molecule has 4 heterocycles. The van der Waals surface area contributed by atoms with Gasteiger partial charge in [0.15, 0.2) is 0 Å². The van der Waals surface area contributed by atoms with Gasteiger partial charge in [-0.05, 0) is 61.9 Å². The Morgan fingerprint density at radius 1 is 1.18 bits per heavy atom. The van der Waals surface area contributed by atoms with Crippen molar-refractivity contribution in [2.24, 2.45) is 5.41 Å². The van der Waals surface area contributed by atoms with Crippen molar-refractivity contribution in [2.75, 3.05) is 36.9 Å². The molecule has 8 nitrogen and oxygen atoms in total. The van der Waals surface area contributed by atoms with E-state index < -0.39 is 6.09 Å². The summed E-state index contributed by atoms with van der Waals surface area (Å²) in [5.74, 6) is 0.532.